The first-order valence-corrected chi connectivity index (χ1v) is 9.31. The van der Waals surface area contributed by atoms with Gasteiger partial charge in [0.2, 0.25) is 5.91 Å². The number of nitrogens with zero attached hydrogens (tertiary/aromatic N) is 2. The third-order valence-corrected chi connectivity index (χ3v) is 4.27. The van der Waals surface area contributed by atoms with Crippen LogP contribution in [0.4, 0.5) is 5.69 Å². The Morgan fingerprint density at radius 3 is 2.31 bits per heavy atom. The molecule has 1 unspecified atom stereocenters. The van der Waals surface area contributed by atoms with E-state index in [1.54, 1.807) is 6.92 Å². The largest absolute Gasteiger partial charge is 0.392 e. The van der Waals surface area contributed by atoms with E-state index in [2.05, 4.69) is 38.1 Å². The van der Waals surface area contributed by atoms with E-state index in [9.17, 15) is 9.90 Å². The van der Waals surface area contributed by atoms with Crippen molar-refractivity contribution < 1.29 is 9.90 Å². The molecule has 4 nitrogen and oxygen atoms in total. The zero-order valence-corrected chi connectivity index (χ0v) is 16.1. The molecule has 0 spiro atoms. The van der Waals surface area contributed by atoms with Crippen LogP contribution in [0.3, 0.4) is 0 Å². The highest BCUT2D eigenvalue weighted by Crippen LogP contribution is 2.15. The van der Waals surface area contributed by atoms with Crippen LogP contribution in [0.2, 0.25) is 0 Å². The summed E-state index contributed by atoms with van der Waals surface area (Å²) in [5.74, 6) is 0.0805. The molecule has 1 amide bonds. The smallest absolute Gasteiger partial charge is 0.242 e. The average molecular weight is 354 g/mol. The van der Waals surface area contributed by atoms with Crippen molar-refractivity contribution in [2.45, 2.75) is 39.8 Å². The second-order valence-corrected chi connectivity index (χ2v) is 6.87. The molecule has 140 valence electrons. The van der Waals surface area contributed by atoms with Gasteiger partial charge in [0.15, 0.2) is 0 Å². The van der Waals surface area contributed by atoms with Crippen molar-refractivity contribution in [2.75, 3.05) is 24.5 Å². The van der Waals surface area contributed by atoms with Gasteiger partial charge in [-0.15, -0.1) is 0 Å². The standard InChI is InChI=1S/C22H30N2O2/c1-4-14-23(16-20-12-10-18(2)11-13-20)22(26)17-24(15-19(3)25)21-8-6-5-7-9-21/h5-13,19,25H,4,14-17H2,1-3H3. The Kier molecular flexibility index (Phi) is 7.67. The molecular weight excluding hydrogens is 324 g/mol. The van der Waals surface area contributed by atoms with Crippen LogP contribution in [-0.2, 0) is 11.3 Å². The van der Waals surface area contributed by atoms with Gasteiger partial charge < -0.3 is 14.9 Å². The normalized spacial score (nSPS) is 11.8. The lowest BCUT2D eigenvalue weighted by atomic mass is 10.1. The van der Waals surface area contributed by atoms with Gasteiger partial charge in [0.05, 0.1) is 12.6 Å². The van der Waals surface area contributed by atoms with Gasteiger partial charge in [-0.3, -0.25) is 4.79 Å². The highest BCUT2D eigenvalue weighted by atomic mass is 16.3. The second-order valence-electron chi connectivity index (χ2n) is 6.87. The third-order valence-electron chi connectivity index (χ3n) is 4.27. The zero-order chi connectivity index (χ0) is 18.9. The van der Waals surface area contributed by atoms with Crippen molar-refractivity contribution in [1.29, 1.82) is 0 Å². The number of amides is 1. The third kappa shape index (κ3) is 6.19. The zero-order valence-electron chi connectivity index (χ0n) is 16.1. The molecule has 1 N–H and O–H groups in total. The van der Waals surface area contributed by atoms with Crippen molar-refractivity contribution in [3.8, 4) is 0 Å². The molecule has 0 radical (unpaired) electrons. The minimum absolute atomic E-state index is 0.0805. The molecule has 0 heterocycles. The number of anilines is 1. The van der Waals surface area contributed by atoms with Crippen molar-refractivity contribution in [3.63, 3.8) is 0 Å². The summed E-state index contributed by atoms with van der Waals surface area (Å²) in [5, 5.41) is 9.83. The van der Waals surface area contributed by atoms with Gasteiger partial charge in [-0.2, -0.15) is 0 Å². The molecule has 0 aliphatic carbocycles. The lowest BCUT2D eigenvalue weighted by Crippen LogP contribution is -2.42. The van der Waals surface area contributed by atoms with Gasteiger partial charge in [0, 0.05) is 25.3 Å². The first-order valence-electron chi connectivity index (χ1n) is 9.31. The van der Waals surface area contributed by atoms with E-state index in [0.717, 1.165) is 24.2 Å². The molecule has 2 rings (SSSR count). The topological polar surface area (TPSA) is 43.8 Å². The fraction of sp³-hybridized carbons (Fsp3) is 0.409. The summed E-state index contributed by atoms with van der Waals surface area (Å²) in [6, 6.07) is 18.1. The Labute approximate surface area is 157 Å². The molecule has 0 bridgehead atoms. The van der Waals surface area contributed by atoms with E-state index < -0.39 is 6.10 Å². The van der Waals surface area contributed by atoms with E-state index in [-0.39, 0.29) is 12.5 Å². The van der Waals surface area contributed by atoms with Crippen LogP contribution >= 0.6 is 0 Å². The summed E-state index contributed by atoms with van der Waals surface area (Å²) in [5.41, 5.74) is 3.31. The Morgan fingerprint density at radius 2 is 1.73 bits per heavy atom. The van der Waals surface area contributed by atoms with Gasteiger partial charge in [-0.05, 0) is 38.0 Å². The number of hydrogen-bond donors (Lipinski definition) is 1. The van der Waals surface area contributed by atoms with Gasteiger partial charge >= 0.3 is 0 Å². The van der Waals surface area contributed by atoms with E-state index >= 15 is 0 Å². The minimum Gasteiger partial charge on any atom is -0.392 e. The van der Waals surface area contributed by atoms with E-state index in [4.69, 9.17) is 0 Å². The number of para-hydroxylation sites is 1. The minimum atomic E-state index is -0.500. The van der Waals surface area contributed by atoms with E-state index in [1.165, 1.54) is 5.56 Å². The molecule has 2 aromatic rings. The maximum Gasteiger partial charge on any atom is 0.242 e. The summed E-state index contributed by atoms with van der Waals surface area (Å²) in [7, 11) is 0. The summed E-state index contributed by atoms with van der Waals surface area (Å²) in [6.45, 7) is 7.93. The van der Waals surface area contributed by atoms with Crippen LogP contribution in [0.5, 0.6) is 0 Å². The quantitative estimate of drug-likeness (QED) is 0.748. The lowest BCUT2D eigenvalue weighted by molar-refractivity contribution is -0.130. The maximum absolute atomic E-state index is 13.0. The predicted molar refractivity (Wildman–Crippen MR) is 107 cm³/mol. The van der Waals surface area contributed by atoms with E-state index in [1.807, 2.05) is 40.1 Å². The van der Waals surface area contributed by atoms with Gasteiger partial charge in [0.25, 0.3) is 0 Å². The number of benzene rings is 2. The highest BCUT2D eigenvalue weighted by Gasteiger charge is 2.19. The molecule has 26 heavy (non-hydrogen) atoms. The number of hydrogen-bond acceptors (Lipinski definition) is 3. The number of aliphatic hydroxyl groups is 1. The van der Waals surface area contributed by atoms with Crippen LogP contribution in [0.15, 0.2) is 54.6 Å². The van der Waals surface area contributed by atoms with Crippen molar-refractivity contribution in [2.24, 2.45) is 0 Å². The Morgan fingerprint density at radius 1 is 1.08 bits per heavy atom. The number of rotatable bonds is 9. The molecule has 0 fully saturated rings. The molecule has 0 saturated heterocycles. The first kappa shape index (κ1) is 20.0. The van der Waals surface area contributed by atoms with Gasteiger partial charge in [0.1, 0.15) is 0 Å². The highest BCUT2D eigenvalue weighted by molar-refractivity contribution is 5.81. The summed E-state index contributed by atoms with van der Waals surface area (Å²) >= 11 is 0. The molecule has 1 atom stereocenters. The summed E-state index contributed by atoms with van der Waals surface area (Å²) in [6.07, 6.45) is 0.416. The van der Waals surface area contributed by atoms with Crippen molar-refractivity contribution >= 4 is 11.6 Å². The van der Waals surface area contributed by atoms with Crippen molar-refractivity contribution in [1.82, 2.24) is 4.90 Å². The molecule has 2 aromatic carbocycles. The average Bonchev–Trinajstić information content (AvgIpc) is 2.63. The SMILES string of the molecule is CCCN(Cc1ccc(C)cc1)C(=O)CN(CC(C)O)c1ccccc1. The predicted octanol–water partition coefficient (Wildman–Crippen LogP) is 3.62. The van der Waals surface area contributed by atoms with Crippen molar-refractivity contribution in [3.05, 3.63) is 65.7 Å². The number of carbonyl (C=O) groups is 1. The van der Waals surface area contributed by atoms with Crippen LogP contribution < -0.4 is 4.90 Å². The maximum atomic E-state index is 13.0. The molecule has 0 saturated carbocycles. The lowest BCUT2D eigenvalue weighted by Gasteiger charge is -2.29. The number of aliphatic hydroxyl groups excluding tert-OH is 1. The molecule has 0 aliphatic rings. The van der Waals surface area contributed by atoms with Gasteiger partial charge in [-0.1, -0.05) is 55.0 Å². The molecular formula is C22H30N2O2. The summed E-state index contributed by atoms with van der Waals surface area (Å²) < 4.78 is 0. The van der Waals surface area contributed by atoms with Crippen LogP contribution in [0.25, 0.3) is 0 Å². The summed E-state index contributed by atoms with van der Waals surface area (Å²) in [4.78, 5) is 16.8. The first-order chi connectivity index (χ1) is 12.5. The van der Waals surface area contributed by atoms with Crippen LogP contribution in [0, 0.1) is 6.92 Å². The second kappa shape index (κ2) is 9.97. The Hall–Kier alpha value is -2.33. The van der Waals surface area contributed by atoms with Gasteiger partial charge in [-0.25, -0.2) is 0 Å². The number of aryl methyl sites for hydroxylation is 1. The van der Waals surface area contributed by atoms with Crippen LogP contribution in [-0.4, -0.2) is 41.7 Å². The monoisotopic (exact) mass is 354 g/mol. The molecule has 0 aliphatic heterocycles. The van der Waals surface area contributed by atoms with E-state index in [0.29, 0.717) is 13.1 Å². The molecule has 4 heteroatoms. The fourth-order valence-electron chi connectivity index (χ4n) is 2.96. The fourth-order valence-corrected chi connectivity index (χ4v) is 2.96. The number of carbonyl (C=O) groups excluding carboxylic acids is 1. The Balaban J connectivity index is 2.11. The van der Waals surface area contributed by atoms with Crippen LogP contribution in [0.1, 0.15) is 31.4 Å². The Bertz CT molecular complexity index is 668. The molecule has 0 aromatic heterocycles.